The van der Waals surface area contributed by atoms with Crippen LogP contribution in [0.15, 0.2) is 16.7 Å². The Bertz CT molecular complexity index is 265. The van der Waals surface area contributed by atoms with Gasteiger partial charge in [-0.25, -0.2) is 0 Å². The number of hydrogen-bond donors (Lipinski definition) is 1. The van der Waals surface area contributed by atoms with Gasteiger partial charge in [0.05, 0.1) is 6.26 Å². The van der Waals surface area contributed by atoms with Gasteiger partial charge in [-0.1, -0.05) is 20.8 Å². The van der Waals surface area contributed by atoms with Crippen molar-refractivity contribution < 1.29 is 4.42 Å². The fraction of sp³-hybridized carbons (Fsp3) is 0.667. The first-order chi connectivity index (χ1) is 6.65. The quantitative estimate of drug-likeness (QED) is 0.780. The second kappa shape index (κ2) is 5.20. The largest absolute Gasteiger partial charge is 0.469 e. The van der Waals surface area contributed by atoms with Crippen LogP contribution in [0.5, 0.6) is 0 Å². The molecule has 0 fully saturated rings. The van der Waals surface area contributed by atoms with Crippen molar-refractivity contribution in [1.82, 2.24) is 5.32 Å². The molecule has 1 atom stereocenters. The van der Waals surface area contributed by atoms with Crippen molar-refractivity contribution in [3.05, 3.63) is 23.7 Å². The van der Waals surface area contributed by atoms with E-state index in [9.17, 15) is 0 Å². The monoisotopic (exact) mass is 195 g/mol. The van der Waals surface area contributed by atoms with E-state index in [1.165, 1.54) is 5.56 Å². The summed E-state index contributed by atoms with van der Waals surface area (Å²) < 4.78 is 5.33. The number of furan rings is 1. The van der Waals surface area contributed by atoms with Gasteiger partial charge in [0.2, 0.25) is 0 Å². The Hall–Kier alpha value is -0.760. The molecule has 0 saturated carbocycles. The minimum Gasteiger partial charge on any atom is -0.469 e. The first-order valence-corrected chi connectivity index (χ1v) is 5.42. The third-order valence-electron chi connectivity index (χ3n) is 2.43. The van der Waals surface area contributed by atoms with Gasteiger partial charge < -0.3 is 9.73 Å². The molecule has 0 amide bonds. The Morgan fingerprint density at radius 3 is 2.57 bits per heavy atom. The Morgan fingerprint density at radius 1 is 1.43 bits per heavy atom. The van der Waals surface area contributed by atoms with E-state index in [1.807, 2.05) is 6.92 Å². The lowest BCUT2D eigenvalue weighted by Gasteiger charge is -2.19. The van der Waals surface area contributed by atoms with Crippen molar-refractivity contribution in [3.63, 3.8) is 0 Å². The highest BCUT2D eigenvalue weighted by Crippen LogP contribution is 2.24. The van der Waals surface area contributed by atoms with E-state index in [0.29, 0.717) is 12.0 Å². The average Bonchev–Trinajstić information content (AvgIpc) is 2.50. The Kier molecular flexibility index (Phi) is 4.21. The smallest absolute Gasteiger partial charge is 0.105 e. The predicted molar refractivity (Wildman–Crippen MR) is 59.3 cm³/mol. The molecule has 1 aromatic rings. The minimum atomic E-state index is 0.443. The molecular weight excluding hydrogens is 174 g/mol. The maximum absolute atomic E-state index is 5.33. The van der Waals surface area contributed by atoms with Crippen molar-refractivity contribution >= 4 is 0 Å². The molecule has 0 saturated heterocycles. The zero-order chi connectivity index (χ0) is 10.6. The molecule has 14 heavy (non-hydrogen) atoms. The summed E-state index contributed by atoms with van der Waals surface area (Å²) in [5.41, 5.74) is 1.31. The fourth-order valence-electron chi connectivity index (χ4n) is 1.79. The molecule has 2 heteroatoms. The molecule has 0 bridgehead atoms. The lowest BCUT2D eigenvalue weighted by atomic mass is 9.97. The molecular formula is C12H21NO. The van der Waals surface area contributed by atoms with Crippen LogP contribution in [-0.4, -0.2) is 6.54 Å². The SMILES string of the molecule is CCNC(CC(C)C)c1ccoc1C. The van der Waals surface area contributed by atoms with Gasteiger partial charge in [0.1, 0.15) is 5.76 Å². The van der Waals surface area contributed by atoms with E-state index >= 15 is 0 Å². The molecule has 1 aromatic heterocycles. The predicted octanol–water partition coefficient (Wildman–Crippen LogP) is 3.28. The first-order valence-electron chi connectivity index (χ1n) is 5.42. The highest BCUT2D eigenvalue weighted by molar-refractivity contribution is 5.20. The van der Waals surface area contributed by atoms with Gasteiger partial charge in [-0.05, 0) is 31.9 Å². The van der Waals surface area contributed by atoms with Crippen LogP contribution >= 0.6 is 0 Å². The van der Waals surface area contributed by atoms with Crippen LogP contribution < -0.4 is 5.32 Å². The third-order valence-corrected chi connectivity index (χ3v) is 2.43. The van der Waals surface area contributed by atoms with Crippen LogP contribution in [0.1, 0.15) is 44.6 Å². The molecule has 0 aliphatic carbocycles. The van der Waals surface area contributed by atoms with Crippen LogP contribution in [0.25, 0.3) is 0 Å². The summed E-state index contributed by atoms with van der Waals surface area (Å²) in [6.07, 6.45) is 2.93. The second-order valence-corrected chi connectivity index (χ2v) is 4.17. The number of hydrogen-bond acceptors (Lipinski definition) is 2. The van der Waals surface area contributed by atoms with E-state index in [0.717, 1.165) is 18.7 Å². The molecule has 2 nitrogen and oxygen atoms in total. The van der Waals surface area contributed by atoms with Crippen molar-refractivity contribution in [3.8, 4) is 0 Å². The lowest BCUT2D eigenvalue weighted by Crippen LogP contribution is -2.22. The normalized spacial score (nSPS) is 13.5. The minimum absolute atomic E-state index is 0.443. The van der Waals surface area contributed by atoms with Crippen LogP contribution in [0, 0.1) is 12.8 Å². The Labute approximate surface area is 86.7 Å². The van der Waals surface area contributed by atoms with Gasteiger partial charge in [0.15, 0.2) is 0 Å². The Morgan fingerprint density at radius 2 is 2.14 bits per heavy atom. The van der Waals surface area contributed by atoms with Gasteiger partial charge in [-0.2, -0.15) is 0 Å². The summed E-state index contributed by atoms with van der Waals surface area (Å²) in [7, 11) is 0. The van der Waals surface area contributed by atoms with Crippen molar-refractivity contribution in [2.75, 3.05) is 6.54 Å². The topological polar surface area (TPSA) is 25.2 Å². The molecule has 0 aliphatic heterocycles. The van der Waals surface area contributed by atoms with Crippen LogP contribution in [0.4, 0.5) is 0 Å². The molecule has 1 unspecified atom stereocenters. The van der Waals surface area contributed by atoms with E-state index < -0.39 is 0 Å². The van der Waals surface area contributed by atoms with Gasteiger partial charge in [-0.3, -0.25) is 0 Å². The van der Waals surface area contributed by atoms with Crippen LogP contribution in [-0.2, 0) is 0 Å². The molecule has 1 heterocycles. The highest BCUT2D eigenvalue weighted by atomic mass is 16.3. The zero-order valence-corrected chi connectivity index (χ0v) is 9.63. The zero-order valence-electron chi connectivity index (χ0n) is 9.63. The van der Waals surface area contributed by atoms with Gasteiger partial charge in [0.25, 0.3) is 0 Å². The molecule has 0 aromatic carbocycles. The summed E-state index contributed by atoms with van der Waals surface area (Å²) in [5, 5.41) is 3.50. The van der Waals surface area contributed by atoms with E-state index in [1.54, 1.807) is 6.26 Å². The van der Waals surface area contributed by atoms with Gasteiger partial charge in [-0.15, -0.1) is 0 Å². The molecule has 0 radical (unpaired) electrons. The van der Waals surface area contributed by atoms with E-state index in [2.05, 4.69) is 32.2 Å². The van der Waals surface area contributed by atoms with E-state index in [4.69, 9.17) is 4.42 Å². The second-order valence-electron chi connectivity index (χ2n) is 4.17. The van der Waals surface area contributed by atoms with Crippen LogP contribution in [0.2, 0.25) is 0 Å². The lowest BCUT2D eigenvalue weighted by molar-refractivity contribution is 0.429. The van der Waals surface area contributed by atoms with Gasteiger partial charge >= 0.3 is 0 Å². The highest BCUT2D eigenvalue weighted by Gasteiger charge is 2.15. The summed E-state index contributed by atoms with van der Waals surface area (Å²) in [6, 6.07) is 2.52. The van der Waals surface area contributed by atoms with Crippen molar-refractivity contribution in [1.29, 1.82) is 0 Å². The molecule has 1 rings (SSSR count). The molecule has 0 spiro atoms. The summed E-state index contributed by atoms with van der Waals surface area (Å²) >= 11 is 0. The van der Waals surface area contributed by atoms with Crippen LogP contribution in [0.3, 0.4) is 0 Å². The Balaban J connectivity index is 2.72. The maximum Gasteiger partial charge on any atom is 0.105 e. The summed E-state index contributed by atoms with van der Waals surface area (Å²) in [6.45, 7) is 9.67. The number of aryl methyl sites for hydroxylation is 1. The number of nitrogens with one attached hydrogen (secondary N) is 1. The molecule has 1 N–H and O–H groups in total. The van der Waals surface area contributed by atoms with E-state index in [-0.39, 0.29) is 0 Å². The first kappa shape index (κ1) is 11.3. The standard InChI is InChI=1S/C12H21NO/c1-5-13-12(8-9(2)3)11-6-7-14-10(11)4/h6-7,9,12-13H,5,8H2,1-4H3. The van der Waals surface area contributed by atoms with Gasteiger partial charge in [0, 0.05) is 11.6 Å². The van der Waals surface area contributed by atoms with Crippen molar-refractivity contribution in [2.24, 2.45) is 5.92 Å². The van der Waals surface area contributed by atoms with Crippen molar-refractivity contribution in [2.45, 2.75) is 40.2 Å². The molecule has 80 valence electrons. The average molecular weight is 195 g/mol. The fourth-order valence-corrected chi connectivity index (χ4v) is 1.79. The summed E-state index contributed by atoms with van der Waals surface area (Å²) in [5.74, 6) is 1.74. The third kappa shape index (κ3) is 2.88. The molecule has 0 aliphatic rings. The maximum atomic E-state index is 5.33. The number of rotatable bonds is 5. The summed E-state index contributed by atoms with van der Waals surface area (Å²) in [4.78, 5) is 0.